The molecule has 0 saturated heterocycles. The summed E-state index contributed by atoms with van der Waals surface area (Å²) >= 11 is 3.48. The lowest BCUT2D eigenvalue weighted by atomic mass is 10.1. The molecule has 0 aromatic carbocycles. The van der Waals surface area contributed by atoms with Gasteiger partial charge in [-0.05, 0) is 34.0 Å². The lowest BCUT2D eigenvalue weighted by Crippen LogP contribution is -2.24. The van der Waals surface area contributed by atoms with Crippen LogP contribution in [0.3, 0.4) is 0 Å². The SMILES string of the molecule is CC(C)c1c(Br)cnn1CC(O)COCc1ccco1. The van der Waals surface area contributed by atoms with E-state index in [1.807, 2.05) is 16.8 Å². The van der Waals surface area contributed by atoms with Crippen LogP contribution in [0.2, 0.25) is 0 Å². The Kier molecular flexibility index (Phi) is 5.39. The first-order valence-electron chi connectivity index (χ1n) is 6.57. The zero-order valence-electron chi connectivity index (χ0n) is 11.6. The minimum Gasteiger partial charge on any atom is -0.467 e. The van der Waals surface area contributed by atoms with Crippen LogP contribution in [0.4, 0.5) is 0 Å². The van der Waals surface area contributed by atoms with Gasteiger partial charge in [0.25, 0.3) is 0 Å². The van der Waals surface area contributed by atoms with Gasteiger partial charge < -0.3 is 14.3 Å². The van der Waals surface area contributed by atoms with Gasteiger partial charge in [0.2, 0.25) is 0 Å². The van der Waals surface area contributed by atoms with Crippen molar-refractivity contribution in [3.05, 3.63) is 40.5 Å². The Hall–Kier alpha value is -1.11. The Morgan fingerprint density at radius 1 is 1.50 bits per heavy atom. The van der Waals surface area contributed by atoms with Gasteiger partial charge in [0.15, 0.2) is 0 Å². The first-order valence-corrected chi connectivity index (χ1v) is 7.36. The summed E-state index contributed by atoms with van der Waals surface area (Å²) in [6, 6.07) is 3.65. The molecule has 0 saturated carbocycles. The van der Waals surface area contributed by atoms with Crippen LogP contribution >= 0.6 is 15.9 Å². The molecule has 6 heteroatoms. The second-order valence-corrected chi connectivity index (χ2v) is 5.82. The van der Waals surface area contributed by atoms with Crippen LogP contribution in [0.15, 0.2) is 33.5 Å². The number of aliphatic hydroxyl groups is 1. The smallest absolute Gasteiger partial charge is 0.129 e. The van der Waals surface area contributed by atoms with Crippen LogP contribution in [-0.2, 0) is 17.9 Å². The molecule has 0 fully saturated rings. The number of rotatable bonds is 7. The lowest BCUT2D eigenvalue weighted by molar-refractivity contribution is 0.0127. The second-order valence-electron chi connectivity index (χ2n) is 4.96. The van der Waals surface area contributed by atoms with Gasteiger partial charge in [-0.15, -0.1) is 0 Å². The van der Waals surface area contributed by atoms with E-state index < -0.39 is 6.10 Å². The Bertz CT molecular complexity index is 523. The van der Waals surface area contributed by atoms with Crippen molar-refractivity contribution in [2.24, 2.45) is 0 Å². The molecular weight excluding hydrogens is 324 g/mol. The predicted molar refractivity (Wildman–Crippen MR) is 78.4 cm³/mol. The molecule has 1 atom stereocenters. The highest BCUT2D eigenvalue weighted by molar-refractivity contribution is 9.10. The van der Waals surface area contributed by atoms with Crippen molar-refractivity contribution in [2.75, 3.05) is 6.61 Å². The molecule has 5 nitrogen and oxygen atoms in total. The lowest BCUT2D eigenvalue weighted by Gasteiger charge is -2.15. The Balaban J connectivity index is 1.83. The van der Waals surface area contributed by atoms with E-state index in [9.17, 15) is 5.11 Å². The van der Waals surface area contributed by atoms with E-state index >= 15 is 0 Å². The van der Waals surface area contributed by atoms with E-state index in [2.05, 4.69) is 34.9 Å². The Labute approximate surface area is 126 Å². The van der Waals surface area contributed by atoms with Gasteiger partial charge in [-0.25, -0.2) is 0 Å². The maximum Gasteiger partial charge on any atom is 0.129 e. The summed E-state index contributed by atoms with van der Waals surface area (Å²) in [5.41, 5.74) is 1.08. The topological polar surface area (TPSA) is 60.4 Å². The van der Waals surface area contributed by atoms with Crippen LogP contribution < -0.4 is 0 Å². The third-order valence-electron chi connectivity index (χ3n) is 2.90. The maximum atomic E-state index is 10.0. The normalized spacial score (nSPS) is 13.1. The first kappa shape index (κ1) is 15.3. The van der Waals surface area contributed by atoms with Crippen molar-refractivity contribution < 1.29 is 14.3 Å². The van der Waals surface area contributed by atoms with Gasteiger partial charge in [0, 0.05) is 0 Å². The first-order chi connectivity index (χ1) is 9.58. The van der Waals surface area contributed by atoms with Crippen LogP contribution in [0, 0.1) is 0 Å². The Morgan fingerprint density at radius 3 is 2.95 bits per heavy atom. The molecule has 0 amide bonds. The molecule has 2 aromatic heterocycles. The summed E-state index contributed by atoms with van der Waals surface area (Å²) in [7, 11) is 0. The molecule has 1 unspecified atom stereocenters. The van der Waals surface area contributed by atoms with Crippen molar-refractivity contribution in [1.82, 2.24) is 9.78 Å². The molecule has 20 heavy (non-hydrogen) atoms. The number of halogens is 1. The largest absolute Gasteiger partial charge is 0.467 e. The molecule has 2 heterocycles. The molecule has 1 N–H and O–H groups in total. The molecule has 0 spiro atoms. The third-order valence-corrected chi connectivity index (χ3v) is 3.51. The molecule has 2 aromatic rings. The number of hydrogen-bond acceptors (Lipinski definition) is 4. The quantitative estimate of drug-likeness (QED) is 0.840. The van der Waals surface area contributed by atoms with Crippen molar-refractivity contribution in [3.8, 4) is 0 Å². The number of aromatic nitrogens is 2. The Morgan fingerprint density at radius 2 is 2.30 bits per heavy atom. The maximum absolute atomic E-state index is 10.0. The average Bonchev–Trinajstić information content (AvgIpc) is 2.99. The highest BCUT2D eigenvalue weighted by Crippen LogP contribution is 2.24. The van der Waals surface area contributed by atoms with Gasteiger partial charge in [-0.3, -0.25) is 4.68 Å². The van der Waals surface area contributed by atoms with Gasteiger partial charge in [-0.2, -0.15) is 5.10 Å². The van der Waals surface area contributed by atoms with E-state index in [0.29, 0.717) is 19.1 Å². The standard InChI is InChI=1S/C14H19BrN2O3/c1-10(2)14-13(15)6-16-17(14)7-11(18)8-19-9-12-4-3-5-20-12/h3-6,10-11,18H,7-9H2,1-2H3. The molecule has 0 aliphatic heterocycles. The predicted octanol–water partition coefficient (Wildman–Crippen LogP) is 2.94. The minimum absolute atomic E-state index is 0.246. The third kappa shape index (κ3) is 3.94. The summed E-state index contributed by atoms with van der Waals surface area (Å²) in [6.45, 7) is 5.22. The molecule has 0 radical (unpaired) electrons. The summed E-state index contributed by atoms with van der Waals surface area (Å²) in [5, 5.41) is 14.3. The fourth-order valence-corrected chi connectivity index (χ4v) is 2.79. The molecule has 110 valence electrons. The van der Waals surface area contributed by atoms with Crippen molar-refractivity contribution in [2.45, 2.75) is 39.0 Å². The summed E-state index contributed by atoms with van der Waals surface area (Å²) < 4.78 is 13.4. The number of aliphatic hydroxyl groups excluding tert-OH is 1. The van der Waals surface area contributed by atoms with Gasteiger partial charge in [-0.1, -0.05) is 13.8 Å². The van der Waals surface area contributed by atoms with E-state index in [1.54, 1.807) is 12.5 Å². The van der Waals surface area contributed by atoms with Crippen molar-refractivity contribution in [3.63, 3.8) is 0 Å². The number of ether oxygens (including phenoxy) is 1. The fraction of sp³-hybridized carbons (Fsp3) is 0.500. The molecule has 2 rings (SSSR count). The zero-order chi connectivity index (χ0) is 14.5. The number of nitrogens with zero attached hydrogens (tertiary/aromatic N) is 2. The summed E-state index contributed by atoms with van der Waals surface area (Å²) in [5.74, 6) is 1.09. The van der Waals surface area contributed by atoms with Crippen LogP contribution in [0.25, 0.3) is 0 Å². The summed E-state index contributed by atoms with van der Waals surface area (Å²) in [4.78, 5) is 0. The van der Waals surface area contributed by atoms with E-state index in [0.717, 1.165) is 15.9 Å². The average molecular weight is 343 g/mol. The van der Waals surface area contributed by atoms with Crippen molar-refractivity contribution in [1.29, 1.82) is 0 Å². The van der Waals surface area contributed by atoms with E-state index in [-0.39, 0.29) is 6.61 Å². The minimum atomic E-state index is -0.603. The number of furan rings is 1. The highest BCUT2D eigenvalue weighted by atomic mass is 79.9. The molecular formula is C14H19BrN2O3. The second kappa shape index (κ2) is 7.06. The number of hydrogen-bond donors (Lipinski definition) is 1. The van der Waals surface area contributed by atoms with Crippen LogP contribution in [0.5, 0.6) is 0 Å². The van der Waals surface area contributed by atoms with Gasteiger partial charge in [0.1, 0.15) is 12.4 Å². The molecule has 0 aliphatic carbocycles. The van der Waals surface area contributed by atoms with Gasteiger partial charge in [0.05, 0.1) is 41.9 Å². The van der Waals surface area contributed by atoms with E-state index in [4.69, 9.17) is 9.15 Å². The van der Waals surface area contributed by atoms with E-state index in [1.165, 1.54) is 0 Å². The highest BCUT2D eigenvalue weighted by Gasteiger charge is 2.15. The molecule has 0 bridgehead atoms. The van der Waals surface area contributed by atoms with Crippen molar-refractivity contribution >= 4 is 15.9 Å². The van der Waals surface area contributed by atoms with Gasteiger partial charge >= 0.3 is 0 Å². The molecule has 0 aliphatic rings. The summed E-state index contributed by atoms with van der Waals surface area (Å²) in [6.07, 6.45) is 2.76. The van der Waals surface area contributed by atoms with Crippen LogP contribution in [-0.4, -0.2) is 27.6 Å². The fourth-order valence-electron chi connectivity index (χ4n) is 2.03. The monoisotopic (exact) mass is 342 g/mol. The van der Waals surface area contributed by atoms with Crippen LogP contribution in [0.1, 0.15) is 31.2 Å². The zero-order valence-corrected chi connectivity index (χ0v) is 13.2.